The Bertz CT molecular complexity index is 930. The van der Waals surface area contributed by atoms with E-state index in [0.29, 0.717) is 16.7 Å². The van der Waals surface area contributed by atoms with E-state index in [1.54, 1.807) is 11.8 Å². The monoisotopic (exact) mass is 362 g/mol. The van der Waals surface area contributed by atoms with E-state index in [1.165, 1.54) is 0 Å². The van der Waals surface area contributed by atoms with Gasteiger partial charge in [-0.2, -0.15) is 4.98 Å². The van der Waals surface area contributed by atoms with Gasteiger partial charge in [0.05, 0.1) is 0 Å². The maximum Gasteiger partial charge on any atom is 0.247 e. The lowest BCUT2D eigenvalue weighted by Gasteiger charge is -2.15. The van der Waals surface area contributed by atoms with Gasteiger partial charge in [-0.1, -0.05) is 73.3 Å². The zero-order valence-electron chi connectivity index (χ0n) is 14.3. The lowest BCUT2D eigenvalue weighted by atomic mass is 10.1. The first-order chi connectivity index (χ1) is 12.8. The first-order valence-electron chi connectivity index (χ1n) is 8.47. The van der Waals surface area contributed by atoms with Crippen molar-refractivity contribution in [1.82, 2.24) is 15.2 Å². The number of anilines is 1. The van der Waals surface area contributed by atoms with Crippen LogP contribution in [0.25, 0.3) is 17.3 Å². The molecule has 0 amide bonds. The lowest BCUT2D eigenvalue weighted by molar-refractivity contribution is 0.266. The number of nitrogens with zero attached hydrogens (tertiary/aromatic N) is 3. The summed E-state index contributed by atoms with van der Waals surface area (Å²) in [6.45, 7) is 2.06. The first kappa shape index (κ1) is 16.6. The van der Waals surface area contributed by atoms with Crippen LogP contribution in [0.2, 0.25) is 0 Å². The van der Waals surface area contributed by atoms with Crippen molar-refractivity contribution in [1.29, 1.82) is 0 Å². The quantitative estimate of drug-likeness (QED) is 0.690. The summed E-state index contributed by atoms with van der Waals surface area (Å²) in [5.41, 5.74) is 3.65. The summed E-state index contributed by atoms with van der Waals surface area (Å²) in [4.78, 5) is 4.56. The van der Waals surface area contributed by atoms with Crippen LogP contribution in [0.4, 0.5) is 5.69 Å². The average molecular weight is 362 g/mol. The Labute approximate surface area is 156 Å². The van der Waals surface area contributed by atoms with Crippen LogP contribution < -0.4 is 10.1 Å². The minimum absolute atomic E-state index is 0.353. The summed E-state index contributed by atoms with van der Waals surface area (Å²) in [7, 11) is 0. The molecular formula is C20H18N4OS. The van der Waals surface area contributed by atoms with Crippen LogP contribution in [0.5, 0.6) is 5.88 Å². The number of thioether (sulfide) groups is 1. The smallest absolute Gasteiger partial charge is 0.247 e. The number of hydrogen-bond acceptors (Lipinski definition) is 6. The van der Waals surface area contributed by atoms with Crippen molar-refractivity contribution in [3.63, 3.8) is 0 Å². The zero-order valence-corrected chi connectivity index (χ0v) is 15.1. The molecule has 0 bridgehead atoms. The zero-order chi connectivity index (χ0) is 17.8. The highest BCUT2D eigenvalue weighted by atomic mass is 32.2. The highest BCUT2D eigenvalue weighted by Gasteiger charge is 2.23. The van der Waals surface area contributed by atoms with Crippen LogP contribution in [0.15, 0.2) is 65.8 Å². The summed E-state index contributed by atoms with van der Waals surface area (Å²) in [6, 6.07) is 18.1. The molecule has 1 atom stereocenters. The van der Waals surface area contributed by atoms with Gasteiger partial charge >= 0.3 is 0 Å². The molecule has 1 aromatic heterocycles. The summed E-state index contributed by atoms with van der Waals surface area (Å²) in [5, 5.41) is 12.6. The standard InChI is InChI=1S/C20H18N4OS/c1-2-26-20-22-19-18(23-24-20)15-10-6-7-11-16(15)21-17(25-19)13-12-14-8-4-3-5-9-14/h3-13,17,21H,2H2,1H3. The van der Waals surface area contributed by atoms with Gasteiger partial charge in [0.1, 0.15) is 0 Å². The molecule has 2 aromatic carbocycles. The number of ether oxygens (including phenoxy) is 1. The van der Waals surface area contributed by atoms with Crippen LogP contribution in [-0.4, -0.2) is 27.2 Å². The largest absolute Gasteiger partial charge is 0.448 e. The fraction of sp³-hybridized carbons (Fsp3) is 0.150. The maximum absolute atomic E-state index is 6.12. The van der Waals surface area contributed by atoms with Gasteiger partial charge in [0.15, 0.2) is 11.9 Å². The predicted molar refractivity (Wildman–Crippen MR) is 105 cm³/mol. The van der Waals surface area contributed by atoms with Gasteiger partial charge in [-0.25, -0.2) is 0 Å². The van der Waals surface area contributed by atoms with E-state index in [0.717, 1.165) is 22.6 Å². The molecule has 1 aliphatic heterocycles. The fourth-order valence-corrected chi connectivity index (χ4v) is 3.21. The highest BCUT2D eigenvalue weighted by Crippen LogP contribution is 2.36. The molecule has 0 aliphatic carbocycles. The Hall–Kier alpha value is -2.86. The third-order valence-corrected chi connectivity index (χ3v) is 4.61. The minimum atomic E-state index is -0.353. The molecule has 1 aliphatic rings. The molecule has 5 nitrogen and oxygen atoms in total. The van der Waals surface area contributed by atoms with E-state index >= 15 is 0 Å². The molecule has 0 saturated heterocycles. The number of nitrogens with one attached hydrogen (secondary N) is 1. The number of aromatic nitrogens is 3. The minimum Gasteiger partial charge on any atom is -0.448 e. The van der Waals surface area contributed by atoms with Crippen LogP contribution in [0.3, 0.4) is 0 Å². The van der Waals surface area contributed by atoms with Crippen molar-refractivity contribution in [2.24, 2.45) is 0 Å². The Balaban J connectivity index is 1.72. The molecule has 0 fully saturated rings. The molecular weight excluding hydrogens is 344 g/mol. The highest BCUT2D eigenvalue weighted by molar-refractivity contribution is 7.99. The normalized spacial score (nSPS) is 15.5. The number of fused-ring (bicyclic) bond motifs is 3. The third-order valence-electron chi connectivity index (χ3n) is 3.89. The Kier molecular flexibility index (Phi) is 4.84. The molecule has 0 saturated carbocycles. The number of para-hydroxylation sites is 1. The summed E-state index contributed by atoms with van der Waals surface area (Å²) >= 11 is 1.54. The van der Waals surface area contributed by atoms with Crippen LogP contribution in [0, 0.1) is 0 Å². The Morgan fingerprint density at radius 1 is 1.08 bits per heavy atom. The van der Waals surface area contributed by atoms with Crippen LogP contribution >= 0.6 is 11.8 Å². The molecule has 3 aromatic rings. The summed E-state index contributed by atoms with van der Waals surface area (Å²) in [6.07, 6.45) is 3.66. The predicted octanol–water partition coefficient (Wildman–Crippen LogP) is 4.49. The van der Waals surface area contributed by atoms with Crippen molar-refractivity contribution in [2.45, 2.75) is 18.3 Å². The summed E-state index contributed by atoms with van der Waals surface area (Å²) in [5.74, 6) is 1.38. The third kappa shape index (κ3) is 3.55. The van der Waals surface area contributed by atoms with Gasteiger partial charge < -0.3 is 10.1 Å². The average Bonchev–Trinajstić information content (AvgIpc) is 2.83. The van der Waals surface area contributed by atoms with Crippen molar-refractivity contribution in [3.05, 3.63) is 66.2 Å². The maximum atomic E-state index is 6.12. The van der Waals surface area contributed by atoms with Crippen molar-refractivity contribution < 1.29 is 4.74 Å². The number of rotatable bonds is 4. The number of benzene rings is 2. The van der Waals surface area contributed by atoms with E-state index in [4.69, 9.17) is 4.74 Å². The van der Waals surface area contributed by atoms with Gasteiger partial charge in [-0.05, 0) is 23.5 Å². The van der Waals surface area contributed by atoms with Gasteiger partial charge in [0.25, 0.3) is 0 Å². The van der Waals surface area contributed by atoms with E-state index in [1.807, 2.05) is 54.6 Å². The second-order valence-electron chi connectivity index (χ2n) is 5.68. The summed E-state index contributed by atoms with van der Waals surface area (Å²) < 4.78 is 6.12. The Morgan fingerprint density at radius 2 is 1.88 bits per heavy atom. The molecule has 6 heteroatoms. The second-order valence-corrected chi connectivity index (χ2v) is 6.91. The van der Waals surface area contributed by atoms with Crippen LogP contribution in [0.1, 0.15) is 12.5 Å². The van der Waals surface area contributed by atoms with E-state index < -0.39 is 0 Å². The molecule has 26 heavy (non-hydrogen) atoms. The van der Waals surface area contributed by atoms with Gasteiger partial charge in [-0.15, -0.1) is 10.2 Å². The first-order valence-corrected chi connectivity index (χ1v) is 9.45. The van der Waals surface area contributed by atoms with Gasteiger partial charge in [0, 0.05) is 11.3 Å². The molecule has 0 spiro atoms. The van der Waals surface area contributed by atoms with E-state index in [9.17, 15) is 0 Å². The Morgan fingerprint density at radius 3 is 2.73 bits per heavy atom. The fourth-order valence-electron chi connectivity index (χ4n) is 2.71. The van der Waals surface area contributed by atoms with Crippen LogP contribution in [-0.2, 0) is 0 Å². The molecule has 1 unspecified atom stereocenters. The van der Waals surface area contributed by atoms with Crippen molar-refractivity contribution in [2.75, 3.05) is 11.1 Å². The topological polar surface area (TPSA) is 59.9 Å². The molecule has 1 N–H and O–H groups in total. The molecule has 4 rings (SSSR count). The van der Waals surface area contributed by atoms with Crippen molar-refractivity contribution in [3.8, 4) is 17.1 Å². The van der Waals surface area contributed by atoms with Gasteiger partial charge in [-0.3, -0.25) is 0 Å². The SMILES string of the molecule is CCSc1nnc2c(n1)OC(C=Cc1ccccc1)Nc1ccccc1-2. The second kappa shape index (κ2) is 7.58. The molecule has 0 radical (unpaired) electrons. The number of hydrogen-bond donors (Lipinski definition) is 1. The van der Waals surface area contributed by atoms with Gasteiger partial charge in [0.2, 0.25) is 11.0 Å². The molecule has 2 heterocycles. The molecule has 130 valence electrons. The van der Waals surface area contributed by atoms with E-state index in [-0.39, 0.29) is 6.23 Å². The lowest BCUT2D eigenvalue weighted by Crippen LogP contribution is -2.23. The van der Waals surface area contributed by atoms with E-state index in [2.05, 4.69) is 39.6 Å². The van der Waals surface area contributed by atoms with Crippen molar-refractivity contribution >= 4 is 23.5 Å².